The first-order valence-electron chi connectivity index (χ1n) is 6.20. The molecule has 3 rings (SSSR count). The van der Waals surface area contributed by atoms with Crippen molar-refractivity contribution in [3.05, 3.63) is 18.3 Å². The summed E-state index contributed by atoms with van der Waals surface area (Å²) in [6, 6.07) is 3.65. The summed E-state index contributed by atoms with van der Waals surface area (Å²) in [4.78, 5) is 6.33. The van der Waals surface area contributed by atoms with Gasteiger partial charge in [-0.2, -0.15) is 0 Å². The van der Waals surface area contributed by atoms with E-state index in [0.29, 0.717) is 31.7 Å². The lowest BCUT2D eigenvalue weighted by Gasteiger charge is -2.33. The molecule has 2 aliphatic rings. The van der Waals surface area contributed by atoms with Crippen molar-refractivity contribution >= 4 is 18.2 Å². The smallest absolute Gasteiger partial charge is 0.254 e. The molecule has 0 amide bonds. The maximum atomic E-state index is 13.3. The van der Waals surface area contributed by atoms with Crippen LogP contribution in [0.1, 0.15) is 19.3 Å². The van der Waals surface area contributed by atoms with Crippen molar-refractivity contribution in [3.8, 4) is 5.75 Å². The zero-order valence-electron chi connectivity index (χ0n) is 10.7. The second kappa shape index (κ2) is 4.78. The minimum atomic E-state index is -2.44. The molecule has 0 atom stereocenters. The Morgan fingerprint density at radius 2 is 1.95 bits per heavy atom. The average molecular weight is 291 g/mol. The topological polar surface area (TPSA) is 25.4 Å². The number of methoxy groups -OCH3 is 1. The highest BCUT2D eigenvalue weighted by Crippen LogP contribution is 2.66. The Labute approximate surface area is 117 Å². The highest BCUT2D eigenvalue weighted by Gasteiger charge is 2.70. The number of nitrogens with zero attached hydrogens (tertiary/aromatic N) is 2. The Bertz CT molecular complexity index is 462. The Hall–Kier alpha value is -1.10. The van der Waals surface area contributed by atoms with Crippen LogP contribution in [0.4, 0.5) is 14.6 Å². The predicted molar refractivity (Wildman–Crippen MR) is 71.5 cm³/mol. The predicted octanol–water partition coefficient (Wildman–Crippen LogP) is 3.14. The van der Waals surface area contributed by atoms with Gasteiger partial charge in [0.25, 0.3) is 5.92 Å². The van der Waals surface area contributed by atoms with Crippen LogP contribution < -0.4 is 9.64 Å². The third-order valence-electron chi connectivity index (χ3n) is 4.20. The van der Waals surface area contributed by atoms with E-state index in [0.717, 1.165) is 5.82 Å². The van der Waals surface area contributed by atoms with Gasteiger partial charge in [-0.3, -0.25) is 0 Å². The fourth-order valence-corrected chi connectivity index (χ4v) is 2.85. The van der Waals surface area contributed by atoms with E-state index >= 15 is 0 Å². The van der Waals surface area contributed by atoms with E-state index in [1.54, 1.807) is 13.3 Å². The molecule has 1 aromatic heterocycles. The minimum Gasteiger partial charge on any atom is -0.493 e. The maximum absolute atomic E-state index is 13.3. The summed E-state index contributed by atoms with van der Waals surface area (Å²) in [7, 11) is 1.60. The van der Waals surface area contributed by atoms with Crippen molar-refractivity contribution < 1.29 is 13.5 Å². The lowest BCUT2D eigenvalue weighted by molar-refractivity contribution is 0.0536. The third-order valence-corrected chi connectivity index (χ3v) is 4.20. The molecule has 0 bridgehead atoms. The van der Waals surface area contributed by atoms with E-state index in [1.807, 2.05) is 17.0 Å². The zero-order valence-corrected chi connectivity index (χ0v) is 11.6. The van der Waals surface area contributed by atoms with Crippen LogP contribution in [0.2, 0.25) is 0 Å². The van der Waals surface area contributed by atoms with Crippen LogP contribution >= 0.6 is 12.4 Å². The molecule has 0 unspecified atom stereocenters. The van der Waals surface area contributed by atoms with Crippen LogP contribution in [-0.2, 0) is 0 Å². The summed E-state index contributed by atoms with van der Waals surface area (Å²) in [5, 5.41) is 0. The van der Waals surface area contributed by atoms with Crippen LogP contribution in [-0.4, -0.2) is 31.1 Å². The number of hydrogen-bond acceptors (Lipinski definition) is 3. The van der Waals surface area contributed by atoms with Crippen LogP contribution in [0.25, 0.3) is 0 Å². The number of alkyl halides is 2. The summed E-state index contributed by atoms with van der Waals surface area (Å²) in [6.45, 7) is 1.26. The van der Waals surface area contributed by atoms with Gasteiger partial charge in [-0.15, -0.1) is 12.4 Å². The highest BCUT2D eigenvalue weighted by atomic mass is 35.5. The van der Waals surface area contributed by atoms with Gasteiger partial charge in [0.2, 0.25) is 0 Å². The summed E-state index contributed by atoms with van der Waals surface area (Å²) in [5.41, 5.74) is -0.717. The number of hydrogen-bond donors (Lipinski definition) is 0. The molecule has 1 aliphatic carbocycles. The van der Waals surface area contributed by atoms with E-state index in [4.69, 9.17) is 4.74 Å². The molecule has 19 heavy (non-hydrogen) atoms. The van der Waals surface area contributed by atoms with Gasteiger partial charge in [-0.05, 0) is 25.0 Å². The maximum Gasteiger partial charge on any atom is 0.254 e. The highest BCUT2D eigenvalue weighted by molar-refractivity contribution is 5.85. The number of halogens is 3. The van der Waals surface area contributed by atoms with Gasteiger partial charge in [0.05, 0.1) is 7.11 Å². The summed E-state index contributed by atoms with van der Waals surface area (Å²) in [6.07, 6.45) is 2.85. The summed E-state index contributed by atoms with van der Waals surface area (Å²) < 4.78 is 31.8. The van der Waals surface area contributed by atoms with Crippen LogP contribution in [0.5, 0.6) is 5.75 Å². The number of rotatable bonds is 2. The van der Waals surface area contributed by atoms with Crippen LogP contribution in [0.3, 0.4) is 0 Å². The fraction of sp³-hybridized carbons (Fsp3) is 0.615. The van der Waals surface area contributed by atoms with Crippen LogP contribution in [0.15, 0.2) is 18.3 Å². The Balaban J connectivity index is 0.00000133. The van der Waals surface area contributed by atoms with E-state index in [-0.39, 0.29) is 18.8 Å². The Kier molecular flexibility index (Phi) is 3.60. The molecule has 6 heteroatoms. The number of anilines is 1. The average Bonchev–Trinajstić information content (AvgIpc) is 2.91. The molecule has 1 aliphatic heterocycles. The molecular formula is C13H17ClF2N2O. The van der Waals surface area contributed by atoms with Crippen molar-refractivity contribution in [1.29, 1.82) is 0 Å². The van der Waals surface area contributed by atoms with E-state index in [2.05, 4.69) is 4.98 Å². The number of piperidine rings is 1. The van der Waals surface area contributed by atoms with E-state index in [1.165, 1.54) is 0 Å². The molecule has 106 valence electrons. The normalized spacial score (nSPS) is 22.8. The lowest BCUT2D eigenvalue weighted by atomic mass is 9.93. The SMILES string of the molecule is COc1cccnc1N1CCC2(CC1)CC2(F)F.Cl. The molecule has 2 heterocycles. The molecule has 3 nitrogen and oxygen atoms in total. The monoisotopic (exact) mass is 290 g/mol. The molecule has 1 aromatic rings. The van der Waals surface area contributed by atoms with Crippen molar-refractivity contribution in [1.82, 2.24) is 4.98 Å². The quantitative estimate of drug-likeness (QED) is 0.837. The van der Waals surface area contributed by atoms with Crippen molar-refractivity contribution in [2.75, 3.05) is 25.1 Å². The fourth-order valence-electron chi connectivity index (χ4n) is 2.85. The van der Waals surface area contributed by atoms with Gasteiger partial charge in [0.15, 0.2) is 11.6 Å². The lowest BCUT2D eigenvalue weighted by Crippen LogP contribution is -2.37. The van der Waals surface area contributed by atoms with Crippen molar-refractivity contribution in [3.63, 3.8) is 0 Å². The molecular weight excluding hydrogens is 274 g/mol. The first-order valence-corrected chi connectivity index (χ1v) is 6.20. The summed E-state index contributed by atoms with van der Waals surface area (Å²) in [5.74, 6) is -0.970. The molecule has 0 aromatic carbocycles. The first-order chi connectivity index (χ1) is 8.58. The van der Waals surface area contributed by atoms with Crippen LogP contribution in [0, 0.1) is 5.41 Å². The van der Waals surface area contributed by atoms with Gasteiger partial charge in [-0.1, -0.05) is 0 Å². The van der Waals surface area contributed by atoms with Gasteiger partial charge < -0.3 is 9.64 Å². The molecule has 1 saturated carbocycles. The van der Waals surface area contributed by atoms with Gasteiger partial charge in [0, 0.05) is 31.1 Å². The van der Waals surface area contributed by atoms with Gasteiger partial charge >= 0.3 is 0 Å². The van der Waals surface area contributed by atoms with E-state index in [9.17, 15) is 8.78 Å². The molecule has 0 radical (unpaired) electrons. The number of aromatic nitrogens is 1. The van der Waals surface area contributed by atoms with E-state index < -0.39 is 11.3 Å². The minimum absolute atomic E-state index is 0. The number of pyridine rings is 1. The number of ether oxygens (including phenoxy) is 1. The van der Waals surface area contributed by atoms with Gasteiger partial charge in [0.1, 0.15) is 0 Å². The second-order valence-corrected chi connectivity index (χ2v) is 5.18. The molecule has 2 fully saturated rings. The second-order valence-electron chi connectivity index (χ2n) is 5.18. The Morgan fingerprint density at radius 1 is 1.32 bits per heavy atom. The molecule has 0 N–H and O–H groups in total. The van der Waals surface area contributed by atoms with Crippen molar-refractivity contribution in [2.24, 2.45) is 5.41 Å². The largest absolute Gasteiger partial charge is 0.493 e. The zero-order chi connectivity index (χ0) is 12.8. The molecule has 1 saturated heterocycles. The third kappa shape index (κ3) is 2.24. The standard InChI is InChI=1S/C13H16F2N2O.ClH/c1-18-10-3-2-6-16-11(10)17-7-4-12(5-8-17)9-13(12,14)15;/h2-3,6H,4-5,7-9H2,1H3;1H. The van der Waals surface area contributed by atoms with Crippen molar-refractivity contribution in [2.45, 2.75) is 25.2 Å². The first kappa shape index (κ1) is 14.3. The molecule has 1 spiro atoms. The Morgan fingerprint density at radius 3 is 2.47 bits per heavy atom. The summed E-state index contributed by atoms with van der Waals surface area (Å²) >= 11 is 0. The van der Waals surface area contributed by atoms with Gasteiger partial charge in [-0.25, -0.2) is 13.8 Å².